The van der Waals surface area contributed by atoms with Gasteiger partial charge in [-0.3, -0.25) is 9.59 Å². The fraction of sp³-hybridized carbons (Fsp3) is 0.368. The third-order valence-corrected chi connectivity index (χ3v) is 9.78. The summed E-state index contributed by atoms with van der Waals surface area (Å²) in [5.41, 5.74) is 8.85. The van der Waals surface area contributed by atoms with E-state index < -0.39 is 23.5 Å². The summed E-state index contributed by atoms with van der Waals surface area (Å²) < 4.78 is 22.2. The maximum atomic E-state index is 13.9. The summed E-state index contributed by atoms with van der Waals surface area (Å²) in [6, 6.07) is 19.0. The van der Waals surface area contributed by atoms with E-state index in [-0.39, 0.29) is 30.0 Å². The molecule has 0 spiro atoms. The highest BCUT2D eigenvalue weighted by atomic mass is 35.5. The third-order valence-electron chi connectivity index (χ3n) is 9.53. The van der Waals surface area contributed by atoms with E-state index in [4.69, 9.17) is 36.0 Å². The minimum absolute atomic E-state index is 0.00370. The van der Waals surface area contributed by atoms with Gasteiger partial charge in [0, 0.05) is 30.0 Å². The number of aromatic nitrogens is 1. The summed E-state index contributed by atoms with van der Waals surface area (Å²) in [5.74, 6) is 0.0221. The highest BCUT2D eigenvalue weighted by molar-refractivity contribution is 6.30. The molecule has 0 radical (unpaired) electrons. The van der Waals surface area contributed by atoms with Crippen molar-refractivity contribution in [1.29, 1.82) is 0 Å². The van der Waals surface area contributed by atoms with E-state index in [1.54, 1.807) is 7.11 Å². The second kappa shape index (κ2) is 14.4. The summed E-state index contributed by atoms with van der Waals surface area (Å²) in [7, 11) is 3.61. The highest BCUT2D eigenvalue weighted by Crippen LogP contribution is 2.44. The van der Waals surface area contributed by atoms with Crippen LogP contribution in [-0.4, -0.2) is 55.2 Å². The number of ether oxygens (including phenoxy) is 3. The second-order valence-corrected chi connectivity index (χ2v) is 13.7. The molecule has 50 heavy (non-hydrogen) atoms. The van der Waals surface area contributed by atoms with Crippen LogP contribution in [0.4, 0.5) is 11.4 Å². The Labute approximate surface area is 296 Å². The van der Waals surface area contributed by atoms with Gasteiger partial charge >= 0.3 is 5.97 Å². The monoisotopic (exact) mass is 700 g/mol. The molecule has 2 heterocycles. The van der Waals surface area contributed by atoms with Crippen molar-refractivity contribution in [2.75, 3.05) is 30.5 Å². The van der Waals surface area contributed by atoms with Crippen molar-refractivity contribution in [2.45, 2.75) is 63.7 Å². The van der Waals surface area contributed by atoms with Gasteiger partial charge in [-0.1, -0.05) is 23.7 Å². The molecule has 12 heteroatoms. The number of halogens is 1. The van der Waals surface area contributed by atoms with E-state index in [0.717, 1.165) is 41.0 Å². The van der Waals surface area contributed by atoms with Gasteiger partial charge in [0.25, 0.3) is 5.91 Å². The van der Waals surface area contributed by atoms with Gasteiger partial charge in [0.1, 0.15) is 6.26 Å². The van der Waals surface area contributed by atoms with Gasteiger partial charge in [-0.2, -0.15) is 0 Å². The molecular formula is C38H41ClN4O7. The van der Waals surface area contributed by atoms with Crippen molar-refractivity contribution in [2.24, 2.45) is 11.7 Å². The molecule has 262 valence electrons. The van der Waals surface area contributed by atoms with Crippen LogP contribution in [0.5, 0.6) is 11.5 Å². The zero-order valence-corrected chi connectivity index (χ0v) is 29.3. The summed E-state index contributed by atoms with van der Waals surface area (Å²) in [4.78, 5) is 46.7. The number of anilines is 2. The van der Waals surface area contributed by atoms with E-state index in [1.165, 1.54) is 6.26 Å². The van der Waals surface area contributed by atoms with E-state index in [9.17, 15) is 14.4 Å². The largest absolute Gasteiger partial charge is 0.493 e. The Bertz CT molecular complexity index is 1840. The molecule has 2 aliphatic rings. The molecule has 0 bridgehead atoms. The number of amides is 2. The van der Waals surface area contributed by atoms with Crippen molar-refractivity contribution >= 4 is 40.8 Å². The number of nitrogens with two attached hydrogens (primary N) is 1. The molecule has 6 rings (SSSR count). The van der Waals surface area contributed by atoms with Gasteiger partial charge in [0.05, 0.1) is 25.7 Å². The van der Waals surface area contributed by atoms with Gasteiger partial charge in [-0.25, -0.2) is 9.78 Å². The first-order valence-corrected chi connectivity index (χ1v) is 17.0. The molecule has 1 atom stereocenters. The number of esters is 1. The minimum atomic E-state index is -1.38. The number of hydrogen-bond donors (Lipinski definition) is 1. The van der Waals surface area contributed by atoms with Crippen LogP contribution in [0.1, 0.15) is 72.8 Å². The SMILES string of the molecule is COc1cc2c(cc1OC(C)C)C(c1ccc(Cl)cc1)N(c1ccc(N(C)CC3CCC(OC(=O)c4cocn4)(C(N)=O)CC3)cc1)C(=O)C2. The quantitative estimate of drug-likeness (QED) is 0.174. The van der Waals surface area contributed by atoms with Crippen molar-refractivity contribution in [3.8, 4) is 11.5 Å². The molecule has 11 nitrogen and oxygen atoms in total. The fourth-order valence-corrected chi connectivity index (χ4v) is 7.08. The number of rotatable bonds is 11. The molecule has 1 aromatic heterocycles. The number of nitrogens with zero attached hydrogens (tertiary/aromatic N) is 3. The molecule has 1 unspecified atom stereocenters. The van der Waals surface area contributed by atoms with Gasteiger partial charge < -0.3 is 34.2 Å². The van der Waals surface area contributed by atoms with Crippen LogP contribution in [0, 0.1) is 5.92 Å². The van der Waals surface area contributed by atoms with E-state index in [1.807, 2.05) is 86.5 Å². The number of fused-ring (bicyclic) bond motifs is 1. The Hall–Kier alpha value is -5.03. The minimum Gasteiger partial charge on any atom is -0.493 e. The summed E-state index contributed by atoms with van der Waals surface area (Å²) >= 11 is 6.27. The fourth-order valence-electron chi connectivity index (χ4n) is 6.96. The lowest BCUT2D eigenvalue weighted by atomic mass is 9.78. The molecule has 1 aliphatic heterocycles. The first-order chi connectivity index (χ1) is 24.0. The summed E-state index contributed by atoms with van der Waals surface area (Å²) in [5, 5.41) is 0.611. The van der Waals surface area contributed by atoms with Crippen LogP contribution in [0.3, 0.4) is 0 Å². The number of methoxy groups -OCH3 is 1. The van der Waals surface area contributed by atoms with E-state index in [0.29, 0.717) is 42.2 Å². The van der Waals surface area contributed by atoms with Crippen LogP contribution in [0.15, 0.2) is 77.7 Å². The number of carbonyl (C=O) groups excluding carboxylic acids is 3. The van der Waals surface area contributed by atoms with E-state index in [2.05, 4.69) is 9.88 Å². The zero-order valence-electron chi connectivity index (χ0n) is 28.6. The smallest absolute Gasteiger partial charge is 0.361 e. The zero-order chi connectivity index (χ0) is 35.6. The lowest BCUT2D eigenvalue weighted by molar-refractivity contribution is -0.141. The van der Waals surface area contributed by atoms with Crippen molar-refractivity contribution < 1.29 is 33.0 Å². The topological polar surface area (TPSA) is 137 Å². The summed E-state index contributed by atoms with van der Waals surface area (Å²) in [6.07, 6.45) is 4.39. The highest BCUT2D eigenvalue weighted by Gasteiger charge is 2.45. The Kier molecular flexibility index (Phi) is 10.1. The standard InChI is InChI=1S/C38H41ClN4O7/c1-23(2)49-33-19-30-26(17-32(33)47-4)18-34(44)43(35(30)25-5-7-27(39)8-6-25)29-11-9-28(10-12-29)42(3)20-24-13-15-38(16-14-24,37(40)46)50-36(45)31-21-48-22-41-31/h5-12,17,19,21-24,35H,13-16,18,20H2,1-4H3,(H2,40,46). The Morgan fingerprint density at radius 3 is 2.38 bits per heavy atom. The van der Waals surface area contributed by atoms with Crippen LogP contribution in [0.25, 0.3) is 0 Å². The van der Waals surface area contributed by atoms with Gasteiger partial charge in [-0.05, 0) is 111 Å². The molecule has 3 aromatic carbocycles. The molecule has 4 aromatic rings. The maximum Gasteiger partial charge on any atom is 0.361 e. The summed E-state index contributed by atoms with van der Waals surface area (Å²) in [6.45, 7) is 4.64. The molecule has 1 saturated carbocycles. The Morgan fingerprint density at radius 2 is 1.78 bits per heavy atom. The predicted molar refractivity (Wildman–Crippen MR) is 189 cm³/mol. The molecule has 1 fully saturated rings. The van der Waals surface area contributed by atoms with Crippen LogP contribution in [0.2, 0.25) is 5.02 Å². The van der Waals surface area contributed by atoms with Crippen molar-refractivity contribution in [1.82, 2.24) is 4.98 Å². The third kappa shape index (κ3) is 7.14. The number of primary amides is 1. The van der Waals surface area contributed by atoms with E-state index >= 15 is 0 Å². The van der Waals surface area contributed by atoms with Crippen molar-refractivity contribution in [3.63, 3.8) is 0 Å². The van der Waals surface area contributed by atoms with Crippen molar-refractivity contribution in [3.05, 3.63) is 101 Å². The molecular weight excluding hydrogens is 660 g/mol. The molecule has 2 amide bonds. The molecule has 0 saturated heterocycles. The normalized spacial score (nSPS) is 20.3. The lowest BCUT2D eigenvalue weighted by Gasteiger charge is -2.39. The number of benzene rings is 3. The average molecular weight is 701 g/mol. The van der Waals surface area contributed by atoms with Gasteiger partial charge in [-0.15, -0.1) is 0 Å². The first-order valence-electron chi connectivity index (χ1n) is 16.7. The Morgan fingerprint density at radius 1 is 1.08 bits per heavy atom. The molecule has 2 N–H and O–H groups in total. The number of carbonyl (C=O) groups is 3. The van der Waals surface area contributed by atoms with Gasteiger partial charge in [0.2, 0.25) is 5.91 Å². The van der Waals surface area contributed by atoms with Gasteiger partial charge in [0.15, 0.2) is 29.2 Å². The first kappa shape index (κ1) is 34.8. The van der Waals surface area contributed by atoms with Crippen LogP contribution >= 0.6 is 11.6 Å². The predicted octanol–water partition coefficient (Wildman–Crippen LogP) is 6.51. The number of oxazole rings is 1. The second-order valence-electron chi connectivity index (χ2n) is 13.2. The molecule has 1 aliphatic carbocycles. The average Bonchev–Trinajstić information content (AvgIpc) is 3.64. The van der Waals surface area contributed by atoms with Crippen LogP contribution in [-0.2, 0) is 20.7 Å². The Balaban J connectivity index is 1.20. The van der Waals surface area contributed by atoms with Crippen LogP contribution < -0.4 is 25.0 Å². The number of hydrogen-bond acceptors (Lipinski definition) is 9. The lowest BCUT2D eigenvalue weighted by Crippen LogP contribution is -2.50. The maximum absolute atomic E-state index is 13.9.